The molecule has 0 radical (unpaired) electrons. The number of furan rings is 1. The van der Waals surface area contributed by atoms with Crippen molar-refractivity contribution in [1.29, 1.82) is 0 Å². The summed E-state index contributed by atoms with van der Waals surface area (Å²) in [5, 5.41) is 3.48. The second kappa shape index (κ2) is 5.88. The van der Waals surface area contributed by atoms with Crippen molar-refractivity contribution in [1.82, 2.24) is 10.3 Å². The number of thiazole rings is 1. The highest BCUT2D eigenvalue weighted by molar-refractivity contribution is 7.16. The molecule has 0 aliphatic heterocycles. The SMILES string of the molecule is Clc1ccc(C(NCc2cncs2)c2ccco2)s1. The van der Waals surface area contributed by atoms with Gasteiger partial charge in [0.2, 0.25) is 0 Å². The van der Waals surface area contributed by atoms with Crippen LogP contribution < -0.4 is 5.32 Å². The Morgan fingerprint density at radius 3 is 2.95 bits per heavy atom. The fourth-order valence-corrected chi connectivity index (χ4v) is 3.50. The van der Waals surface area contributed by atoms with Crippen molar-refractivity contribution >= 4 is 34.3 Å². The summed E-state index contributed by atoms with van der Waals surface area (Å²) in [7, 11) is 0. The van der Waals surface area contributed by atoms with Crippen LogP contribution >= 0.6 is 34.3 Å². The minimum absolute atomic E-state index is 0.0228. The van der Waals surface area contributed by atoms with Gasteiger partial charge in [0.25, 0.3) is 0 Å². The molecule has 98 valence electrons. The van der Waals surface area contributed by atoms with Crippen molar-refractivity contribution in [2.24, 2.45) is 0 Å². The predicted molar refractivity (Wildman–Crippen MR) is 78.8 cm³/mol. The van der Waals surface area contributed by atoms with Crippen LogP contribution in [0.15, 0.2) is 46.7 Å². The first-order chi connectivity index (χ1) is 9.33. The lowest BCUT2D eigenvalue weighted by molar-refractivity contribution is 0.450. The molecule has 1 atom stereocenters. The zero-order valence-corrected chi connectivity index (χ0v) is 12.3. The van der Waals surface area contributed by atoms with Crippen LogP contribution in [0, 0.1) is 0 Å². The van der Waals surface area contributed by atoms with Crippen LogP contribution in [0.1, 0.15) is 21.6 Å². The summed E-state index contributed by atoms with van der Waals surface area (Å²) < 4.78 is 6.30. The number of rotatable bonds is 5. The molecular formula is C13H11ClN2OS2. The molecule has 0 saturated heterocycles. The maximum Gasteiger partial charge on any atom is 0.126 e. The Balaban J connectivity index is 1.80. The van der Waals surface area contributed by atoms with Crippen molar-refractivity contribution in [3.63, 3.8) is 0 Å². The van der Waals surface area contributed by atoms with E-state index in [1.54, 1.807) is 28.9 Å². The molecule has 3 aromatic rings. The van der Waals surface area contributed by atoms with Gasteiger partial charge in [0.05, 0.1) is 16.1 Å². The van der Waals surface area contributed by atoms with Crippen molar-refractivity contribution < 1.29 is 4.42 Å². The van der Waals surface area contributed by atoms with Crippen molar-refractivity contribution in [3.05, 3.63) is 62.1 Å². The second-order valence-corrected chi connectivity index (χ2v) is 6.66. The Bertz CT molecular complexity index is 619. The minimum atomic E-state index is 0.0228. The number of thiophene rings is 1. The highest BCUT2D eigenvalue weighted by Gasteiger charge is 2.18. The Morgan fingerprint density at radius 2 is 2.32 bits per heavy atom. The molecule has 19 heavy (non-hydrogen) atoms. The molecule has 0 aliphatic carbocycles. The first kappa shape index (κ1) is 12.9. The lowest BCUT2D eigenvalue weighted by atomic mass is 10.2. The van der Waals surface area contributed by atoms with Gasteiger partial charge in [-0.1, -0.05) is 11.6 Å². The van der Waals surface area contributed by atoms with Crippen LogP contribution in [-0.4, -0.2) is 4.98 Å². The molecule has 0 saturated carbocycles. The summed E-state index contributed by atoms with van der Waals surface area (Å²) in [6, 6.07) is 7.82. The van der Waals surface area contributed by atoms with E-state index >= 15 is 0 Å². The summed E-state index contributed by atoms with van der Waals surface area (Å²) in [6.07, 6.45) is 3.56. The van der Waals surface area contributed by atoms with Gasteiger partial charge in [0, 0.05) is 22.5 Å². The fourth-order valence-electron chi connectivity index (χ4n) is 1.81. The predicted octanol–water partition coefficient (Wildman–Crippen LogP) is 4.33. The summed E-state index contributed by atoms with van der Waals surface area (Å²) >= 11 is 9.22. The Kier molecular flexibility index (Phi) is 3.98. The third kappa shape index (κ3) is 3.06. The maximum atomic E-state index is 6.02. The number of halogens is 1. The molecule has 3 aromatic heterocycles. The number of aromatic nitrogens is 1. The number of hydrogen-bond donors (Lipinski definition) is 1. The largest absolute Gasteiger partial charge is 0.467 e. The van der Waals surface area contributed by atoms with Crippen LogP contribution in [0.2, 0.25) is 4.34 Å². The van der Waals surface area contributed by atoms with Crippen molar-refractivity contribution in [2.75, 3.05) is 0 Å². The highest BCUT2D eigenvalue weighted by Crippen LogP contribution is 2.31. The van der Waals surface area contributed by atoms with E-state index in [2.05, 4.69) is 10.3 Å². The molecule has 1 unspecified atom stereocenters. The standard InChI is InChI=1S/C13H11ClN2OS2/c14-12-4-3-11(19-12)13(10-2-1-5-17-10)16-7-9-6-15-8-18-9/h1-6,8,13,16H,7H2. The number of nitrogens with one attached hydrogen (secondary N) is 1. The molecule has 6 heteroatoms. The van der Waals surface area contributed by atoms with E-state index in [4.69, 9.17) is 16.0 Å². The Morgan fingerprint density at radius 1 is 1.37 bits per heavy atom. The average Bonchev–Trinajstić information content (AvgIpc) is 3.11. The molecule has 0 aliphatic rings. The van der Waals surface area contributed by atoms with Gasteiger partial charge in [-0.2, -0.15) is 0 Å². The summed E-state index contributed by atoms with van der Waals surface area (Å²) in [4.78, 5) is 6.41. The highest BCUT2D eigenvalue weighted by atomic mass is 35.5. The van der Waals surface area contributed by atoms with Gasteiger partial charge in [0.15, 0.2) is 0 Å². The average molecular weight is 311 g/mol. The van der Waals surface area contributed by atoms with Gasteiger partial charge in [0.1, 0.15) is 11.8 Å². The molecule has 0 spiro atoms. The van der Waals surface area contributed by atoms with Crippen LogP contribution in [0.4, 0.5) is 0 Å². The molecule has 1 N–H and O–H groups in total. The fraction of sp³-hybridized carbons (Fsp3) is 0.154. The van der Waals surface area contributed by atoms with Crippen molar-refractivity contribution in [3.8, 4) is 0 Å². The van der Waals surface area contributed by atoms with E-state index in [1.807, 2.05) is 36.0 Å². The van der Waals surface area contributed by atoms with E-state index in [1.165, 1.54) is 4.88 Å². The summed E-state index contributed by atoms with van der Waals surface area (Å²) in [5.74, 6) is 0.892. The van der Waals surface area contributed by atoms with Gasteiger partial charge >= 0.3 is 0 Å². The quantitative estimate of drug-likeness (QED) is 0.762. The van der Waals surface area contributed by atoms with Crippen molar-refractivity contribution in [2.45, 2.75) is 12.6 Å². The third-order valence-corrected chi connectivity index (χ3v) is 4.75. The molecule has 3 rings (SSSR count). The van der Waals surface area contributed by atoms with E-state index in [9.17, 15) is 0 Å². The summed E-state index contributed by atoms with van der Waals surface area (Å²) in [5.41, 5.74) is 1.83. The van der Waals surface area contributed by atoms with Gasteiger partial charge in [-0.15, -0.1) is 22.7 Å². The zero-order chi connectivity index (χ0) is 13.1. The second-order valence-electron chi connectivity index (χ2n) is 3.94. The van der Waals surface area contributed by atoms with Crippen LogP contribution in [0.3, 0.4) is 0 Å². The summed E-state index contributed by atoms with van der Waals surface area (Å²) in [6.45, 7) is 0.756. The molecule has 0 aromatic carbocycles. The van der Waals surface area contributed by atoms with E-state index in [0.29, 0.717) is 0 Å². The first-order valence-corrected chi connectivity index (χ1v) is 7.80. The van der Waals surface area contributed by atoms with Crippen LogP contribution in [0.25, 0.3) is 0 Å². The number of hydrogen-bond acceptors (Lipinski definition) is 5. The first-order valence-electron chi connectivity index (χ1n) is 5.72. The zero-order valence-electron chi connectivity index (χ0n) is 9.88. The normalized spacial score (nSPS) is 12.7. The molecule has 0 bridgehead atoms. The molecule has 3 heterocycles. The number of nitrogens with zero attached hydrogens (tertiary/aromatic N) is 1. The van der Waals surface area contributed by atoms with Crippen LogP contribution in [0.5, 0.6) is 0 Å². The smallest absolute Gasteiger partial charge is 0.126 e. The molecule has 3 nitrogen and oxygen atoms in total. The minimum Gasteiger partial charge on any atom is -0.467 e. The van der Waals surface area contributed by atoms with E-state index in [-0.39, 0.29) is 6.04 Å². The van der Waals surface area contributed by atoms with Gasteiger partial charge < -0.3 is 4.42 Å². The molecule has 0 fully saturated rings. The third-order valence-electron chi connectivity index (χ3n) is 2.67. The molecule has 0 amide bonds. The topological polar surface area (TPSA) is 38.1 Å². The monoisotopic (exact) mass is 310 g/mol. The Hall–Kier alpha value is -1.14. The lowest BCUT2D eigenvalue weighted by Gasteiger charge is -2.14. The van der Waals surface area contributed by atoms with E-state index in [0.717, 1.165) is 21.5 Å². The van der Waals surface area contributed by atoms with Gasteiger partial charge in [-0.05, 0) is 24.3 Å². The van der Waals surface area contributed by atoms with Gasteiger partial charge in [-0.25, -0.2) is 0 Å². The molecular weight excluding hydrogens is 300 g/mol. The Labute approximate surface area is 123 Å². The lowest BCUT2D eigenvalue weighted by Crippen LogP contribution is -2.20. The van der Waals surface area contributed by atoms with Gasteiger partial charge in [-0.3, -0.25) is 10.3 Å². The maximum absolute atomic E-state index is 6.02. The van der Waals surface area contributed by atoms with E-state index < -0.39 is 0 Å². The van der Waals surface area contributed by atoms with Crippen LogP contribution in [-0.2, 0) is 6.54 Å².